The molecule has 0 saturated carbocycles. The average Bonchev–Trinajstić information content (AvgIpc) is 2.65. The molecular formula is C19H17BrClN3O3S. The molecule has 0 saturated heterocycles. The first-order valence-electron chi connectivity index (χ1n) is 8.06. The molecule has 0 heterocycles. The molecule has 28 heavy (non-hydrogen) atoms. The Kier molecular flexibility index (Phi) is 8.43. The maximum Gasteiger partial charge on any atom is 0.276 e. The Balaban J connectivity index is 1.71. The van der Waals surface area contributed by atoms with Crippen LogP contribution in [0.4, 0.5) is 0 Å². The highest BCUT2D eigenvalue weighted by Gasteiger charge is 2.07. The highest BCUT2D eigenvalue weighted by atomic mass is 79.9. The molecule has 0 aliphatic rings. The molecular weight excluding hydrogens is 466 g/mol. The van der Waals surface area contributed by atoms with Crippen molar-refractivity contribution in [2.45, 2.75) is 6.92 Å². The molecule has 6 nitrogen and oxygen atoms in total. The molecule has 0 bridgehead atoms. The molecule has 2 amide bonds. The fourth-order valence-corrected chi connectivity index (χ4v) is 2.76. The second-order valence-corrected chi connectivity index (χ2v) is 7.34. The van der Waals surface area contributed by atoms with Gasteiger partial charge in [0.15, 0.2) is 11.7 Å². The molecule has 0 atom stereocenters. The summed E-state index contributed by atoms with van der Waals surface area (Å²) in [4.78, 5) is 23.6. The van der Waals surface area contributed by atoms with E-state index in [-0.39, 0.29) is 11.7 Å². The molecule has 146 valence electrons. The van der Waals surface area contributed by atoms with Gasteiger partial charge in [0, 0.05) is 15.6 Å². The quantitative estimate of drug-likeness (QED) is 0.345. The molecule has 0 spiro atoms. The van der Waals surface area contributed by atoms with Gasteiger partial charge in [0.05, 0.1) is 0 Å². The van der Waals surface area contributed by atoms with Crippen LogP contribution in [0.2, 0.25) is 5.02 Å². The van der Waals surface area contributed by atoms with Crippen molar-refractivity contribution >= 4 is 62.8 Å². The summed E-state index contributed by atoms with van der Waals surface area (Å²) >= 11 is 14.1. The number of halogens is 2. The molecule has 2 aromatic carbocycles. The fraction of sp³-hybridized carbons (Fsp3) is 0.105. The Labute approximate surface area is 181 Å². The molecule has 0 aliphatic heterocycles. The lowest BCUT2D eigenvalue weighted by Gasteiger charge is -2.11. The normalized spacial score (nSPS) is 10.4. The first-order valence-corrected chi connectivity index (χ1v) is 9.64. The minimum absolute atomic E-state index is 0.0427. The molecule has 2 rings (SSSR count). The molecule has 2 aromatic rings. The molecule has 0 aliphatic carbocycles. The number of aryl methyl sites for hydroxylation is 1. The van der Waals surface area contributed by atoms with Gasteiger partial charge in [-0.1, -0.05) is 39.7 Å². The number of carbonyl (C=O) groups is 2. The van der Waals surface area contributed by atoms with Gasteiger partial charge in [0.25, 0.3) is 5.91 Å². The smallest absolute Gasteiger partial charge is 0.276 e. The van der Waals surface area contributed by atoms with Crippen molar-refractivity contribution in [2.24, 2.45) is 0 Å². The van der Waals surface area contributed by atoms with Crippen molar-refractivity contribution in [3.05, 3.63) is 69.2 Å². The van der Waals surface area contributed by atoms with Crippen molar-refractivity contribution in [3.63, 3.8) is 0 Å². The predicted octanol–water partition coefficient (Wildman–Crippen LogP) is 3.53. The lowest BCUT2D eigenvalue weighted by Crippen LogP contribution is -2.49. The Morgan fingerprint density at radius 2 is 1.89 bits per heavy atom. The van der Waals surface area contributed by atoms with Crippen LogP contribution in [0.1, 0.15) is 11.1 Å². The van der Waals surface area contributed by atoms with Gasteiger partial charge in [0.2, 0.25) is 5.91 Å². The van der Waals surface area contributed by atoms with Crippen LogP contribution in [0.5, 0.6) is 5.75 Å². The summed E-state index contributed by atoms with van der Waals surface area (Å²) < 4.78 is 6.36. The van der Waals surface area contributed by atoms with Gasteiger partial charge in [-0.2, -0.15) is 0 Å². The Morgan fingerprint density at radius 1 is 1.18 bits per heavy atom. The topological polar surface area (TPSA) is 79.5 Å². The van der Waals surface area contributed by atoms with Gasteiger partial charge < -0.3 is 4.74 Å². The van der Waals surface area contributed by atoms with E-state index >= 15 is 0 Å². The van der Waals surface area contributed by atoms with Crippen LogP contribution in [-0.4, -0.2) is 23.5 Å². The predicted molar refractivity (Wildman–Crippen MR) is 117 cm³/mol. The zero-order valence-corrected chi connectivity index (χ0v) is 18.0. The number of hydrogen-bond acceptors (Lipinski definition) is 4. The summed E-state index contributed by atoms with van der Waals surface area (Å²) in [7, 11) is 0. The average molecular weight is 483 g/mol. The number of ether oxygens (including phenoxy) is 1. The van der Waals surface area contributed by atoms with Crippen LogP contribution >= 0.6 is 39.7 Å². The van der Waals surface area contributed by atoms with Crippen LogP contribution in [0, 0.1) is 6.92 Å². The highest BCUT2D eigenvalue weighted by Crippen LogP contribution is 2.21. The number of benzene rings is 2. The summed E-state index contributed by atoms with van der Waals surface area (Å²) in [5, 5.41) is 2.98. The van der Waals surface area contributed by atoms with Gasteiger partial charge in [-0.3, -0.25) is 25.8 Å². The van der Waals surface area contributed by atoms with Gasteiger partial charge in [-0.25, -0.2) is 0 Å². The maximum atomic E-state index is 11.8. The van der Waals surface area contributed by atoms with E-state index in [9.17, 15) is 9.59 Å². The van der Waals surface area contributed by atoms with Crippen LogP contribution in [-0.2, 0) is 9.59 Å². The second kappa shape index (κ2) is 10.8. The van der Waals surface area contributed by atoms with Crippen molar-refractivity contribution < 1.29 is 14.3 Å². The van der Waals surface area contributed by atoms with E-state index in [0.717, 1.165) is 15.6 Å². The van der Waals surface area contributed by atoms with E-state index in [1.54, 1.807) is 36.4 Å². The van der Waals surface area contributed by atoms with E-state index in [1.165, 1.54) is 6.08 Å². The van der Waals surface area contributed by atoms with Gasteiger partial charge in [-0.05, 0) is 66.7 Å². The third-order valence-electron chi connectivity index (χ3n) is 3.35. The number of hydrazine groups is 1. The van der Waals surface area contributed by atoms with Crippen molar-refractivity contribution in [2.75, 3.05) is 6.61 Å². The molecule has 0 fully saturated rings. The monoisotopic (exact) mass is 481 g/mol. The first kappa shape index (κ1) is 21.9. The van der Waals surface area contributed by atoms with Crippen molar-refractivity contribution in [3.8, 4) is 5.75 Å². The Bertz CT molecular complexity index is 904. The third kappa shape index (κ3) is 7.67. The first-order chi connectivity index (χ1) is 13.3. The number of rotatable bonds is 5. The molecule has 0 radical (unpaired) electrons. The van der Waals surface area contributed by atoms with Gasteiger partial charge >= 0.3 is 0 Å². The number of amides is 2. The largest absolute Gasteiger partial charge is 0.483 e. The van der Waals surface area contributed by atoms with Crippen LogP contribution in [0.15, 0.2) is 53.0 Å². The maximum absolute atomic E-state index is 11.8. The van der Waals surface area contributed by atoms with Gasteiger partial charge in [-0.15, -0.1) is 0 Å². The summed E-state index contributed by atoms with van der Waals surface area (Å²) in [6, 6.07) is 12.5. The Hall–Kier alpha value is -2.42. The summed E-state index contributed by atoms with van der Waals surface area (Å²) in [5.41, 5.74) is 6.50. The van der Waals surface area contributed by atoms with E-state index in [0.29, 0.717) is 10.8 Å². The summed E-state index contributed by atoms with van der Waals surface area (Å²) in [5.74, 6) is -0.291. The summed E-state index contributed by atoms with van der Waals surface area (Å²) in [6.45, 7) is 1.67. The zero-order valence-electron chi connectivity index (χ0n) is 14.8. The molecule has 3 N–H and O–H groups in total. The van der Waals surface area contributed by atoms with E-state index in [4.69, 9.17) is 28.6 Å². The van der Waals surface area contributed by atoms with E-state index < -0.39 is 11.8 Å². The molecule has 0 unspecified atom stereocenters. The minimum Gasteiger partial charge on any atom is -0.483 e. The number of carbonyl (C=O) groups excluding carboxylic acids is 2. The minimum atomic E-state index is -0.448. The van der Waals surface area contributed by atoms with Crippen molar-refractivity contribution in [1.82, 2.24) is 16.2 Å². The molecule has 9 heteroatoms. The van der Waals surface area contributed by atoms with Gasteiger partial charge in [0.1, 0.15) is 5.75 Å². The Morgan fingerprint density at radius 3 is 2.57 bits per heavy atom. The SMILES string of the molecule is Cc1cc(Br)ccc1OCC(=O)NNC(=S)NC(=O)/C=C/c1ccc(Cl)cc1. The number of nitrogens with one attached hydrogen (secondary N) is 3. The summed E-state index contributed by atoms with van der Waals surface area (Å²) in [6.07, 6.45) is 2.93. The van der Waals surface area contributed by atoms with E-state index in [1.807, 2.05) is 19.1 Å². The highest BCUT2D eigenvalue weighted by molar-refractivity contribution is 9.10. The second-order valence-electron chi connectivity index (χ2n) is 5.57. The standard InChI is InChI=1S/C19H17BrClN3O3S/c1-12-10-14(20)5-8-16(12)27-11-18(26)23-24-19(28)22-17(25)9-4-13-2-6-15(21)7-3-13/h2-10H,11H2,1H3,(H,23,26)(H2,22,24,25,28)/b9-4+. The fourth-order valence-electron chi connectivity index (χ4n) is 2.01. The van der Waals surface area contributed by atoms with E-state index in [2.05, 4.69) is 32.1 Å². The number of hydrogen-bond donors (Lipinski definition) is 3. The van der Waals surface area contributed by atoms with Crippen LogP contribution in [0.3, 0.4) is 0 Å². The lowest BCUT2D eigenvalue weighted by atomic mass is 10.2. The van der Waals surface area contributed by atoms with Crippen LogP contribution < -0.4 is 20.9 Å². The zero-order chi connectivity index (χ0) is 20.5. The van der Waals surface area contributed by atoms with Crippen LogP contribution in [0.25, 0.3) is 6.08 Å². The number of thiocarbonyl (C=S) groups is 1. The molecule has 0 aromatic heterocycles. The third-order valence-corrected chi connectivity index (χ3v) is 4.29. The van der Waals surface area contributed by atoms with Crippen molar-refractivity contribution in [1.29, 1.82) is 0 Å². The lowest BCUT2D eigenvalue weighted by molar-refractivity contribution is -0.123.